The average molecular weight is 254 g/mol. The van der Waals surface area contributed by atoms with Crippen molar-refractivity contribution in [2.75, 3.05) is 26.2 Å². The molecule has 0 unspecified atom stereocenters. The SMILES string of the molecule is CC(C)(I)N1CCNCC1. The van der Waals surface area contributed by atoms with Crippen molar-refractivity contribution >= 4 is 22.6 Å². The molecule has 0 aromatic heterocycles. The Balaban J connectivity index is 2.39. The molecule has 0 bridgehead atoms. The van der Waals surface area contributed by atoms with E-state index < -0.39 is 0 Å². The van der Waals surface area contributed by atoms with E-state index in [0.717, 1.165) is 13.1 Å². The van der Waals surface area contributed by atoms with Crippen LogP contribution in [0.25, 0.3) is 0 Å². The Morgan fingerprint density at radius 3 is 2.10 bits per heavy atom. The number of nitrogens with one attached hydrogen (secondary N) is 1. The summed E-state index contributed by atoms with van der Waals surface area (Å²) >= 11 is 2.49. The van der Waals surface area contributed by atoms with Crippen molar-refractivity contribution in [2.24, 2.45) is 0 Å². The second-order valence-corrected chi connectivity index (χ2v) is 5.79. The van der Waals surface area contributed by atoms with E-state index >= 15 is 0 Å². The monoisotopic (exact) mass is 254 g/mol. The zero-order valence-corrected chi connectivity index (χ0v) is 8.81. The van der Waals surface area contributed by atoms with Gasteiger partial charge in [0.05, 0.1) is 3.55 Å². The van der Waals surface area contributed by atoms with Gasteiger partial charge in [0.15, 0.2) is 0 Å². The maximum Gasteiger partial charge on any atom is 0.0674 e. The van der Waals surface area contributed by atoms with Gasteiger partial charge in [-0.05, 0) is 13.8 Å². The number of halogens is 1. The van der Waals surface area contributed by atoms with E-state index in [9.17, 15) is 0 Å². The van der Waals surface area contributed by atoms with Crippen molar-refractivity contribution in [3.63, 3.8) is 0 Å². The van der Waals surface area contributed by atoms with E-state index in [4.69, 9.17) is 0 Å². The van der Waals surface area contributed by atoms with Gasteiger partial charge in [0.1, 0.15) is 0 Å². The van der Waals surface area contributed by atoms with Crippen molar-refractivity contribution in [1.82, 2.24) is 10.2 Å². The highest BCUT2D eigenvalue weighted by Gasteiger charge is 2.23. The topological polar surface area (TPSA) is 15.3 Å². The fraction of sp³-hybridized carbons (Fsp3) is 1.00. The molecule has 0 saturated carbocycles. The molecule has 1 heterocycles. The third kappa shape index (κ3) is 2.36. The normalized spacial score (nSPS) is 23.1. The molecule has 1 aliphatic rings. The van der Waals surface area contributed by atoms with Gasteiger partial charge < -0.3 is 5.32 Å². The largest absolute Gasteiger partial charge is 0.314 e. The second-order valence-electron chi connectivity index (χ2n) is 3.15. The third-order valence-electron chi connectivity index (χ3n) is 1.87. The van der Waals surface area contributed by atoms with E-state index in [1.807, 2.05) is 0 Å². The molecule has 0 atom stereocenters. The predicted molar refractivity (Wildman–Crippen MR) is 52.5 cm³/mol. The van der Waals surface area contributed by atoms with Crippen molar-refractivity contribution in [3.8, 4) is 0 Å². The van der Waals surface area contributed by atoms with E-state index in [1.165, 1.54) is 13.1 Å². The standard InChI is InChI=1S/C7H15IN2/c1-7(2,8)10-5-3-9-4-6-10/h9H,3-6H2,1-2H3. The van der Waals surface area contributed by atoms with Crippen molar-refractivity contribution in [1.29, 1.82) is 0 Å². The molecule has 0 aromatic rings. The van der Waals surface area contributed by atoms with Crippen LogP contribution in [-0.2, 0) is 0 Å². The molecule has 0 aromatic carbocycles. The minimum atomic E-state index is 0.333. The molecule has 60 valence electrons. The first kappa shape index (κ1) is 8.74. The highest BCUT2D eigenvalue weighted by Crippen LogP contribution is 2.22. The molecule has 3 heteroatoms. The molecule has 2 nitrogen and oxygen atoms in total. The Morgan fingerprint density at radius 2 is 1.80 bits per heavy atom. The van der Waals surface area contributed by atoms with Gasteiger partial charge in [-0.1, -0.05) is 22.6 Å². The van der Waals surface area contributed by atoms with Crippen molar-refractivity contribution in [3.05, 3.63) is 0 Å². The second kappa shape index (κ2) is 3.36. The minimum absolute atomic E-state index is 0.333. The minimum Gasteiger partial charge on any atom is -0.314 e. The van der Waals surface area contributed by atoms with Gasteiger partial charge in [-0.15, -0.1) is 0 Å². The van der Waals surface area contributed by atoms with Gasteiger partial charge in [-0.2, -0.15) is 0 Å². The molecule has 1 fully saturated rings. The first-order valence-corrected chi connectivity index (χ1v) is 4.83. The summed E-state index contributed by atoms with van der Waals surface area (Å²) in [4.78, 5) is 2.50. The van der Waals surface area contributed by atoms with Crippen LogP contribution in [0.5, 0.6) is 0 Å². The highest BCUT2D eigenvalue weighted by atomic mass is 127. The summed E-state index contributed by atoms with van der Waals surface area (Å²) in [5.74, 6) is 0. The average Bonchev–Trinajstić information content (AvgIpc) is 1.88. The zero-order valence-electron chi connectivity index (χ0n) is 6.65. The van der Waals surface area contributed by atoms with Gasteiger partial charge in [0, 0.05) is 26.2 Å². The van der Waals surface area contributed by atoms with Crippen LogP contribution in [0.3, 0.4) is 0 Å². The zero-order chi connectivity index (χ0) is 7.61. The number of rotatable bonds is 1. The highest BCUT2D eigenvalue weighted by molar-refractivity contribution is 14.1. The van der Waals surface area contributed by atoms with Crippen LogP contribution in [0.4, 0.5) is 0 Å². The number of alkyl halides is 1. The smallest absolute Gasteiger partial charge is 0.0674 e. The van der Waals surface area contributed by atoms with Crippen LogP contribution >= 0.6 is 22.6 Å². The Bertz CT molecular complexity index is 103. The molecule has 0 radical (unpaired) electrons. The first-order valence-electron chi connectivity index (χ1n) is 3.75. The summed E-state index contributed by atoms with van der Waals surface area (Å²) in [6, 6.07) is 0. The van der Waals surface area contributed by atoms with Crippen LogP contribution in [0.2, 0.25) is 0 Å². The quantitative estimate of drug-likeness (QED) is 0.427. The summed E-state index contributed by atoms with van der Waals surface area (Å²) in [5.41, 5.74) is 0. The Kier molecular flexibility index (Phi) is 2.94. The molecule has 1 aliphatic heterocycles. The van der Waals surface area contributed by atoms with Crippen LogP contribution < -0.4 is 5.32 Å². The van der Waals surface area contributed by atoms with Crippen LogP contribution in [-0.4, -0.2) is 34.6 Å². The molecular formula is C7H15IN2. The van der Waals surface area contributed by atoms with Gasteiger partial charge in [-0.25, -0.2) is 0 Å². The third-order valence-corrected chi connectivity index (χ3v) is 2.55. The summed E-state index contributed by atoms with van der Waals surface area (Å²) in [5, 5.41) is 3.34. The fourth-order valence-electron chi connectivity index (χ4n) is 1.20. The lowest BCUT2D eigenvalue weighted by atomic mass is 10.3. The van der Waals surface area contributed by atoms with Crippen LogP contribution in [0.15, 0.2) is 0 Å². The molecular weight excluding hydrogens is 239 g/mol. The van der Waals surface area contributed by atoms with Gasteiger partial charge in [-0.3, -0.25) is 4.90 Å². The number of piperazine rings is 1. The number of hydrogen-bond donors (Lipinski definition) is 1. The number of nitrogens with zero attached hydrogens (tertiary/aromatic N) is 1. The summed E-state index contributed by atoms with van der Waals surface area (Å²) in [6.07, 6.45) is 0. The van der Waals surface area contributed by atoms with Crippen molar-refractivity contribution < 1.29 is 0 Å². The molecule has 1 rings (SSSR count). The van der Waals surface area contributed by atoms with E-state index in [0.29, 0.717) is 3.55 Å². The number of hydrogen-bond acceptors (Lipinski definition) is 2. The van der Waals surface area contributed by atoms with Crippen LogP contribution in [0.1, 0.15) is 13.8 Å². The molecule has 10 heavy (non-hydrogen) atoms. The van der Waals surface area contributed by atoms with E-state index in [-0.39, 0.29) is 0 Å². The summed E-state index contributed by atoms with van der Waals surface area (Å²) in [7, 11) is 0. The van der Waals surface area contributed by atoms with E-state index in [2.05, 4.69) is 46.7 Å². The first-order chi connectivity index (χ1) is 4.61. The van der Waals surface area contributed by atoms with Gasteiger partial charge in [0.25, 0.3) is 0 Å². The maximum atomic E-state index is 3.34. The Morgan fingerprint density at radius 1 is 1.30 bits per heavy atom. The Labute approximate surface area is 76.5 Å². The lowest BCUT2D eigenvalue weighted by Crippen LogP contribution is -2.50. The lowest BCUT2D eigenvalue weighted by molar-refractivity contribution is 0.184. The van der Waals surface area contributed by atoms with E-state index in [1.54, 1.807) is 0 Å². The molecule has 0 spiro atoms. The Hall–Kier alpha value is 0.650. The summed E-state index contributed by atoms with van der Waals surface area (Å²) < 4.78 is 0.333. The molecule has 1 N–H and O–H groups in total. The van der Waals surface area contributed by atoms with Gasteiger partial charge in [0.2, 0.25) is 0 Å². The van der Waals surface area contributed by atoms with Gasteiger partial charge >= 0.3 is 0 Å². The summed E-state index contributed by atoms with van der Waals surface area (Å²) in [6.45, 7) is 9.20. The maximum absolute atomic E-state index is 3.34. The van der Waals surface area contributed by atoms with Crippen LogP contribution in [0, 0.1) is 0 Å². The van der Waals surface area contributed by atoms with Crippen molar-refractivity contribution in [2.45, 2.75) is 17.4 Å². The fourth-order valence-corrected chi connectivity index (χ4v) is 1.68. The lowest BCUT2D eigenvalue weighted by Gasteiger charge is -2.36. The predicted octanol–water partition coefficient (Wildman–Crippen LogP) is 1.06. The molecule has 1 saturated heterocycles. The molecule has 0 amide bonds. The molecule has 0 aliphatic carbocycles.